The van der Waals surface area contributed by atoms with Crippen LogP contribution in [0, 0.1) is 10.1 Å². The molecular weight excluding hydrogens is 382 g/mol. The zero-order valence-electron chi connectivity index (χ0n) is 16.6. The summed E-state index contributed by atoms with van der Waals surface area (Å²) < 4.78 is 0. The van der Waals surface area contributed by atoms with Crippen LogP contribution in [0.2, 0.25) is 0 Å². The summed E-state index contributed by atoms with van der Waals surface area (Å²) in [5, 5.41) is 19.8. The number of para-hydroxylation sites is 1. The van der Waals surface area contributed by atoms with Gasteiger partial charge in [0, 0.05) is 18.2 Å². The first-order valence-corrected chi connectivity index (χ1v) is 8.77. The Morgan fingerprint density at radius 3 is 2.28 bits per heavy atom. The number of guanidine groups is 1. The van der Waals surface area contributed by atoms with Gasteiger partial charge in [-0.3, -0.25) is 25.0 Å². The van der Waals surface area contributed by atoms with Crippen molar-refractivity contribution in [1.82, 2.24) is 21.0 Å². The SMILES string of the molecule is CC(C)N(/C(=N/NC(=O)NCC(N)=O)NC(=O)c1ccccc1[N+](=O)[O-])C(C)C. The molecule has 0 aliphatic rings. The third kappa shape index (κ3) is 7.08. The van der Waals surface area contributed by atoms with Crippen LogP contribution in [0.25, 0.3) is 0 Å². The number of carbonyl (C=O) groups is 3. The van der Waals surface area contributed by atoms with Crippen LogP contribution in [0.1, 0.15) is 38.1 Å². The Labute approximate surface area is 167 Å². The standard InChI is InChI=1S/C17H25N7O5/c1-10(2)23(11(3)4)16(21-22-17(27)19-9-14(18)25)20-15(26)12-7-5-6-8-13(12)24(28)29/h5-8,10-11H,9H2,1-4H3,(H2,18,25)(H2,19,22,27)(H,20,21,26). The Hall–Kier alpha value is -3.70. The molecule has 0 spiro atoms. The molecular formula is C17H25N7O5. The second kappa shape index (κ2) is 10.6. The zero-order valence-corrected chi connectivity index (χ0v) is 16.6. The number of nitrogens with zero attached hydrogens (tertiary/aromatic N) is 3. The van der Waals surface area contributed by atoms with Crippen molar-refractivity contribution in [3.63, 3.8) is 0 Å². The normalized spacial score (nSPS) is 11.2. The molecule has 1 aromatic rings. The van der Waals surface area contributed by atoms with Crippen molar-refractivity contribution >= 4 is 29.5 Å². The number of nitrogens with one attached hydrogen (secondary N) is 3. The number of hydrazone groups is 1. The van der Waals surface area contributed by atoms with Crippen molar-refractivity contribution in [2.75, 3.05) is 6.54 Å². The summed E-state index contributed by atoms with van der Waals surface area (Å²) >= 11 is 0. The molecule has 0 radical (unpaired) electrons. The van der Waals surface area contributed by atoms with Gasteiger partial charge >= 0.3 is 6.03 Å². The molecule has 0 bridgehead atoms. The van der Waals surface area contributed by atoms with Crippen LogP contribution in [0.4, 0.5) is 10.5 Å². The second-order valence-corrected chi connectivity index (χ2v) is 6.52. The minimum Gasteiger partial charge on any atom is -0.368 e. The summed E-state index contributed by atoms with van der Waals surface area (Å²) in [6.45, 7) is 7.00. The number of urea groups is 1. The van der Waals surface area contributed by atoms with Crippen molar-refractivity contribution in [3.05, 3.63) is 39.9 Å². The lowest BCUT2D eigenvalue weighted by Gasteiger charge is -2.33. The molecule has 158 valence electrons. The fraction of sp³-hybridized carbons (Fsp3) is 0.412. The highest BCUT2D eigenvalue weighted by molar-refractivity contribution is 6.08. The fourth-order valence-electron chi connectivity index (χ4n) is 2.54. The van der Waals surface area contributed by atoms with Gasteiger partial charge in [0.25, 0.3) is 11.6 Å². The lowest BCUT2D eigenvalue weighted by atomic mass is 10.1. The quantitative estimate of drug-likeness (QED) is 0.222. The van der Waals surface area contributed by atoms with E-state index in [0.29, 0.717) is 0 Å². The van der Waals surface area contributed by atoms with E-state index in [1.54, 1.807) is 4.90 Å². The fourth-order valence-corrected chi connectivity index (χ4v) is 2.54. The van der Waals surface area contributed by atoms with Crippen LogP contribution in [-0.2, 0) is 4.79 Å². The zero-order chi connectivity index (χ0) is 22.1. The van der Waals surface area contributed by atoms with Crippen molar-refractivity contribution in [2.45, 2.75) is 39.8 Å². The molecule has 0 atom stereocenters. The summed E-state index contributed by atoms with van der Waals surface area (Å²) in [5.74, 6) is -1.52. The molecule has 1 rings (SSSR count). The summed E-state index contributed by atoms with van der Waals surface area (Å²) in [5.41, 5.74) is 6.60. The van der Waals surface area contributed by atoms with Crippen molar-refractivity contribution in [2.24, 2.45) is 10.8 Å². The smallest absolute Gasteiger partial charge is 0.335 e. The molecule has 0 saturated carbocycles. The van der Waals surface area contributed by atoms with Gasteiger partial charge in [-0.25, -0.2) is 10.2 Å². The first kappa shape index (κ1) is 23.3. The van der Waals surface area contributed by atoms with Gasteiger partial charge in [0.1, 0.15) is 5.56 Å². The van der Waals surface area contributed by atoms with Crippen LogP contribution in [0.3, 0.4) is 0 Å². The van der Waals surface area contributed by atoms with E-state index in [-0.39, 0.29) is 29.3 Å². The van der Waals surface area contributed by atoms with E-state index in [2.05, 4.69) is 21.2 Å². The van der Waals surface area contributed by atoms with E-state index in [0.717, 1.165) is 0 Å². The van der Waals surface area contributed by atoms with Crippen LogP contribution in [0.5, 0.6) is 0 Å². The first-order chi connectivity index (χ1) is 13.5. The molecule has 29 heavy (non-hydrogen) atoms. The average Bonchev–Trinajstić information content (AvgIpc) is 2.63. The van der Waals surface area contributed by atoms with Crippen molar-refractivity contribution < 1.29 is 19.3 Å². The number of hydrogen-bond donors (Lipinski definition) is 4. The Morgan fingerprint density at radius 1 is 1.17 bits per heavy atom. The van der Waals surface area contributed by atoms with E-state index < -0.39 is 29.3 Å². The van der Waals surface area contributed by atoms with Crippen LogP contribution in [-0.4, -0.2) is 52.3 Å². The third-order valence-corrected chi connectivity index (χ3v) is 3.61. The van der Waals surface area contributed by atoms with Gasteiger partial charge in [-0.2, -0.15) is 0 Å². The Kier molecular flexibility index (Phi) is 8.52. The van der Waals surface area contributed by atoms with Gasteiger partial charge in [-0.1, -0.05) is 12.1 Å². The van der Waals surface area contributed by atoms with Gasteiger partial charge in [-0.05, 0) is 33.8 Å². The largest absolute Gasteiger partial charge is 0.368 e. The maximum absolute atomic E-state index is 12.7. The van der Waals surface area contributed by atoms with E-state index in [1.165, 1.54) is 24.3 Å². The van der Waals surface area contributed by atoms with Crippen LogP contribution in [0.15, 0.2) is 29.4 Å². The number of hydrogen-bond acceptors (Lipinski definition) is 6. The predicted octanol–water partition coefficient (Wildman–Crippen LogP) is 0.499. The van der Waals surface area contributed by atoms with Crippen molar-refractivity contribution in [3.8, 4) is 0 Å². The third-order valence-electron chi connectivity index (χ3n) is 3.61. The van der Waals surface area contributed by atoms with E-state index in [4.69, 9.17) is 5.73 Å². The molecule has 0 unspecified atom stereocenters. The first-order valence-electron chi connectivity index (χ1n) is 8.77. The molecule has 0 saturated heterocycles. The molecule has 4 amide bonds. The maximum atomic E-state index is 12.7. The molecule has 0 fully saturated rings. The molecule has 0 heterocycles. The van der Waals surface area contributed by atoms with E-state index in [9.17, 15) is 24.5 Å². The summed E-state index contributed by atoms with van der Waals surface area (Å²) in [6.07, 6.45) is 0. The average molecular weight is 407 g/mol. The van der Waals surface area contributed by atoms with Gasteiger partial charge in [0.05, 0.1) is 11.5 Å². The number of primary amides is 1. The highest BCUT2D eigenvalue weighted by atomic mass is 16.6. The van der Waals surface area contributed by atoms with Crippen molar-refractivity contribution in [1.29, 1.82) is 0 Å². The number of nitrogens with two attached hydrogens (primary N) is 1. The Balaban J connectivity index is 3.16. The summed E-state index contributed by atoms with van der Waals surface area (Å²) in [6, 6.07) is 4.40. The molecule has 12 nitrogen and oxygen atoms in total. The Bertz CT molecular complexity index is 799. The number of amides is 4. The summed E-state index contributed by atoms with van der Waals surface area (Å²) in [7, 11) is 0. The Morgan fingerprint density at radius 2 is 1.76 bits per heavy atom. The van der Waals surface area contributed by atoms with Crippen LogP contribution < -0.4 is 21.8 Å². The monoisotopic (exact) mass is 407 g/mol. The number of nitro groups is 1. The minimum absolute atomic E-state index is 0.0209. The van der Waals surface area contributed by atoms with Gasteiger partial charge in [0.2, 0.25) is 11.9 Å². The molecule has 5 N–H and O–H groups in total. The lowest BCUT2D eigenvalue weighted by Crippen LogP contribution is -2.52. The van der Waals surface area contributed by atoms with Gasteiger partial charge < -0.3 is 16.0 Å². The second-order valence-electron chi connectivity index (χ2n) is 6.52. The van der Waals surface area contributed by atoms with E-state index >= 15 is 0 Å². The van der Waals surface area contributed by atoms with E-state index in [1.807, 2.05) is 27.7 Å². The maximum Gasteiger partial charge on any atom is 0.335 e. The molecule has 1 aromatic carbocycles. The number of nitro benzene ring substituents is 1. The lowest BCUT2D eigenvalue weighted by molar-refractivity contribution is -0.385. The number of rotatable bonds is 7. The van der Waals surface area contributed by atoms with Gasteiger partial charge in [-0.15, -0.1) is 5.10 Å². The highest BCUT2D eigenvalue weighted by Crippen LogP contribution is 2.17. The minimum atomic E-state index is -0.811. The topological polar surface area (TPSA) is 172 Å². The van der Waals surface area contributed by atoms with Crippen LogP contribution >= 0.6 is 0 Å². The summed E-state index contributed by atoms with van der Waals surface area (Å²) in [4.78, 5) is 47.4. The molecule has 0 aliphatic carbocycles. The molecule has 0 aromatic heterocycles. The molecule has 12 heteroatoms. The predicted molar refractivity (Wildman–Crippen MR) is 106 cm³/mol. The number of benzene rings is 1. The molecule has 0 aliphatic heterocycles. The highest BCUT2D eigenvalue weighted by Gasteiger charge is 2.25. The van der Waals surface area contributed by atoms with Gasteiger partial charge in [0.15, 0.2) is 0 Å². The number of carbonyl (C=O) groups excluding carboxylic acids is 3.